The van der Waals surface area contributed by atoms with Gasteiger partial charge in [-0.05, 0) is 12.2 Å². The van der Waals surface area contributed by atoms with Gasteiger partial charge in [-0.1, -0.05) is 10.3 Å². The molecule has 1 heterocycles. The molecule has 0 aromatic carbocycles. The van der Waals surface area contributed by atoms with Gasteiger partial charge in [0.15, 0.2) is 0 Å². The molecule has 0 aliphatic rings. The molecule has 0 saturated heterocycles. The number of nitrogens with zero attached hydrogens (tertiary/aromatic N) is 2. The van der Waals surface area contributed by atoms with E-state index < -0.39 is 6.03 Å². The van der Waals surface area contributed by atoms with Crippen LogP contribution in [0.2, 0.25) is 0 Å². The van der Waals surface area contributed by atoms with Crippen LogP contribution in [-0.4, -0.2) is 33.2 Å². The molecular formula is C4H9N6NaOS. The van der Waals surface area contributed by atoms with Gasteiger partial charge in [0.1, 0.15) is 0 Å². The van der Waals surface area contributed by atoms with Crippen LogP contribution in [0.15, 0.2) is 0 Å². The zero-order chi connectivity index (χ0) is 9.40. The quantitative estimate of drug-likeness (QED) is 0.218. The first-order chi connectivity index (χ1) is 5.66. The maximum atomic E-state index is 9.67. The second kappa shape index (κ2) is 9.65. The average Bonchev–Trinajstić information content (AvgIpc) is 2.40. The summed E-state index contributed by atoms with van der Waals surface area (Å²) in [4.78, 5) is 9.67. The van der Waals surface area contributed by atoms with E-state index in [0.29, 0.717) is 11.3 Å². The fourth-order valence-electron chi connectivity index (χ4n) is 0.291. The number of tetrazole rings is 1. The fourth-order valence-corrected chi connectivity index (χ4v) is 0.378. The monoisotopic (exact) mass is 212 g/mol. The van der Waals surface area contributed by atoms with Gasteiger partial charge in [-0.3, -0.25) is 5.10 Å². The minimum absolute atomic E-state index is 0. The molecule has 0 unspecified atom stereocenters. The Bertz CT molecular complexity index is 255. The number of hydrogen-bond acceptors (Lipinski definition) is 4. The molecule has 1 rings (SSSR count). The second-order valence-corrected chi connectivity index (χ2v) is 1.92. The van der Waals surface area contributed by atoms with Crippen molar-refractivity contribution in [3.63, 3.8) is 0 Å². The number of nitrogens with one attached hydrogen (secondary N) is 3. The zero-order valence-corrected chi connectivity index (χ0v) is 10.0. The smallest absolute Gasteiger partial charge is 0.368 e. The molecule has 9 heteroatoms. The second-order valence-electron chi connectivity index (χ2n) is 1.53. The van der Waals surface area contributed by atoms with Crippen LogP contribution < -0.4 is 40.6 Å². The van der Waals surface area contributed by atoms with Gasteiger partial charge in [0, 0.05) is 0 Å². The summed E-state index contributed by atoms with van der Waals surface area (Å²) in [7, 11) is 0. The summed E-state index contributed by atoms with van der Waals surface area (Å²) in [5.74, 6) is 0. The summed E-state index contributed by atoms with van der Waals surface area (Å²) in [6.45, 7) is 3.67. The van der Waals surface area contributed by atoms with Gasteiger partial charge >= 0.3 is 35.6 Å². The number of aromatic amines is 2. The number of H-pyrrole nitrogens is 2. The Hall–Kier alpha value is -0.440. The molecule has 68 valence electrons. The molecule has 7 nitrogen and oxygen atoms in total. The van der Waals surface area contributed by atoms with Crippen molar-refractivity contribution in [2.24, 2.45) is 5.73 Å². The Labute approximate surface area is 102 Å². The predicted molar refractivity (Wildman–Crippen MR) is 44.5 cm³/mol. The summed E-state index contributed by atoms with van der Waals surface area (Å²) in [5.41, 5.74) is 4.61. The van der Waals surface area contributed by atoms with Gasteiger partial charge in [0.05, 0.1) is 0 Å². The normalized spacial score (nSPS) is 7.46. The Kier molecular flexibility index (Phi) is 11.2. The maximum absolute atomic E-state index is 9.67. The first-order valence-corrected chi connectivity index (χ1v) is 3.36. The van der Waals surface area contributed by atoms with E-state index in [-0.39, 0.29) is 29.6 Å². The van der Waals surface area contributed by atoms with Crippen LogP contribution in [0.4, 0.5) is 4.79 Å². The topological polar surface area (TPSA) is 112 Å². The molecule has 1 aromatic heterocycles. The number of hydrogen-bond donors (Lipinski definition) is 4. The molecule has 13 heavy (non-hydrogen) atoms. The molecule has 5 N–H and O–H groups in total. The number of rotatable bonds is 1. The minimum Gasteiger partial charge on any atom is -0.368 e. The van der Waals surface area contributed by atoms with Crippen molar-refractivity contribution in [1.29, 1.82) is 0 Å². The summed E-state index contributed by atoms with van der Waals surface area (Å²) in [5, 5.41) is 13.7. The van der Waals surface area contributed by atoms with E-state index in [0.717, 1.165) is 0 Å². The standard InChI is InChI=1S/C3H7N2O.CH2N4S.Na/c1-2-5-3(4)6;6-1-2-4-5-3-1;/h1-2H2,(H3,4,5,6);(H2,2,3,4,5,6);/q-1;;+1. The van der Waals surface area contributed by atoms with E-state index in [1.54, 1.807) is 0 Å². The largest absolute Gasteiger partial charge is 1.00 e. The van der Waals surface area contributed by atoms with E-state index in [1.165, 1.54) is 0 Å². The van der Waals surface area contributed by atoms with Crippen molar-refractivity contribution in [2.75, 3.05) is 6.54 Å². The molecule has 0 aliphatic carbocycles. The Balaban J connectivity index is 0. The van der Waals surface area contributed by atoms with Crippen LogP contribution in [0.5, 0.6) is 0 Å². The Morgan fingerprint density at radius 3 is 2.46 bits per heavy atom. The van der Waals surface area contributed by atoms with E-state index in [4.69, 9.17) is 0 Å². The molecule has 0 aliphatic heterocycles. The van der Waals surface area contributed by atoms with Crippen LogP contribution >= 0.6 is 12.2 Å². The number of aromatic nitrogens is 4. The maximum Gasteiger partial charge on any atom is 1.00 e. The molecule has 0 radical (unpaired) electrons. The molecule has 0 bridgehead atoms. The third-order valence-corrected chi connectivity index (χ3v) is 0.837. The van der Waals surface area contributed by atoms with Crippen molar-refractivity contribution >= 4 is 18.2 Å². The summed E-state index contributed by atoms with van der Waals surface area (Å²) < 4.78 is 0.384. The van der Waals surface area contributed by atoms with Gasteiger partial charge in [0.2, 0.25) is 4.77 Å². The molecule has 0 spiro atoms. The van der Waals surface area contributed by atoms with E-state index in [9.17, 15) is 4.79 Å². The number of nitrogens with two attached hydrogens (primary N) is 1. The molecule has 1 aromatic rings. The van der Waals surface area contributed by atoms with Gasteiger partial charge in [-0.15, -0.1) is 6.54 Å². The van der Waals surface area contributed by atoms with Gasteiger partial charge < -0.3 is 18.0 Å². The van der Waals surface area contributed by atoms with E-state index in [2.05, 4.69) is 50.8 Å². The number of carbonyl (C=O) groups excluding carboxylic acids is 1. The summed E-state index contributed by atoms with van der Waals surface area (Å²) >= 11 is 4.48. The Morgan fingerprint density at radius 1 is 1.77 bits per heavy atom. The fraction of sp³-hybridized carbons (Fsp3) is 0.250. The number of carbonyl (C=O) groups is 1. The third kappa shape index (κ3) is 11.6. The summed E-state index contributed by atoms with van der Waals surface area (Å²) in [6, 6.07) is -0.523. The van der Waals surface area contributed by atoms with Crippen LogP contribution in [0.1, 0.15) is 0 Å². The van der Waals surface area contributed by atoms with Gasteiger partial charge in [-0.25, -0.2) is 4.79 Å². The molecule has 0 saturated carbocycles. The van der Waals surface area contributed by atoms with E-state index in [1.807, 2.05) is 0 Å². The van der Waals surface area contributed by atoms with Crippen molar-refractivity contribution in [3.05, 3.63) is 11.7 Å². The number of amides is 2. The summed E-state index contributed by atoms with van der Waals surface area (Å²) in [6.07, 6.45) is 0. The van der Waals surface area contributed by atoms with Crippen LogP contribution in [-0.2, 0) is 0 Å². The van der Waals surface area contributed by atoms with Crippen molar-refractivity contribution < 1.29 is 34.4 Å². The van der Waals surface area contributed by atoms with Crippen molar-refractivity contribution in [1.82, 2.24) is 25.9 Å². The van der Waals surface area contributed by atoms with Crippen molar-refractivity contribution in [3.8, 4) is 0 Å². The number of primary amides is 1. The predicted octanol–water partition coefficient (Wildman–Crippen LogP) is -3.64. The van der Waals surface area contributed by atoms with Gasteiger partial charge in [0.25, 0.3) is 0 Å². The zero-order valence-electron chi connectivity index (χ0n) is 7.20. The third-order valence-electron chi connectivity index (χ3n) is 0.653. The number of urea groups is 1. The first-order valence-electron chi connectivity index (χ1n) is 2.95. The van der Waals surface area contributed by atoms with Gasteiger partial charge in [-0.2, -0.15) is 5.21 Å². The first kappa shape index (κ1) is 15.1. The van der Waals surface area contributed by atoms with Crippen molar-refractivity contribution in [2.45, 2.75) is 0 Å². The Morgan fingerprint density at radius 2 is 2.38 bits per heavy atom. The average molecular weight is 212 g/mol. The molecular weight excluding hydrogens is 203 g/mol. The van der Waals surface area contributed by atoms with E-state index >= 15 is 0 Å². The van der Waals surface area contributed by atoms with Crippen LogP contribution in [0, 0.1) is 11.7 Å². The molecule has 2 amide bonds. The SMILES string of the molecule is S=c1nn[nH][nH]1.[CH2-]CNC(N)=O.[Na+]. The molecule has 0 atom stereocenters. The van der Waals surface area contributed by atoms with Crippen LogP contribution in [0.25, 0.3) is 0 Å². The van der Waals surface area contributed by atoms with Crippen LogP contribution in [0.3, 0.4) is 0 Å². The minimum atomic E-state index is -0.523. The molecule has 0 fully saturated rings.